The molecule has 0 spiro atoms. The van der Waals surface area contributed by atoms with Crippen LogP contribution >= 0.6 is 11.6 Å². The summed E-state index contributed by atoms with van der Waals surface area (Å²) in [6.45, 7) is 0. The second-order valence-electron chi connectivity index (χ2n) is 5.26. The van der Waals surface area contributed by atoms with Crippen LogP contribution in [0.15, 0.2) is 34.7 Å². The van der Waals surface area contributed by atoms with Gasteiger partial charge >= 0.3 is 0 Å². The number of hydrogen-bond acceptors (Lipinski definition) is 6. The number of halogens is 1. The van der Waals surface area contributed by atoms with E-state index in [2.05, 4.69) is 11.1 Å². The monoisotopic (exact) mass is 370 g/mol. The van der Waals surface area contributed by atoms with E-state index < -0.39 is 0 Å². The summed E-state index contributed by atoms with van der Waals surface area (Å²) in [5.41, 5.74) is 2.07. The lowest BCUT2D eigenvalue weighted by Crippen LogP contribution is -1.95. The Labute approximate surface area is 155 Å². The molecule has 7 heteroatoms. The molecule has 0 unspecified atom stereocenters. The van der Waals surface area contributed by atoms with Crippen molar-refractivity contribution in [1.29, 1.82) is 5.26 Å². The van der Waals surface area contributed by atoms with Gasteiger partial charge in [0.05, 0.1) is 21.3 Å². The number of rotatable bonds is 5. The van der Waals surface area contributed by atoms with Crippen molar-refractivity contribution >= 4 is 34.3 Å². The summed E-state index contributed by atoms with van der Waals surface area (Å²) < 4.78 is 21.6. The van der Waals surface area contributed by atoms with E-state index in [1.807, 2.05) is 0 Å². The van der Waals surface area contributed by atoms with Crippen LogP contribution in [0.4, 0.5) is 0 Å². The Bertz CT molecular complexity index is 1010. The normalized spacial score (nSPS) is 11.3. The van der Waals surface area contributed by atoms with E-state index in [-0.39, 0.29) is 11.5 Å². The summed E-state index contributed by atoms with van der Waals surface area (Å²) in [7, 11) is 4.58. The fourth-order valence-corrected chi connectivity index (χ4v) is 2.68. The molecule has 1 heterocycles. The maximum atomic E-state index is 9.54. The van der Waals surface area contributed by atoms with E-state index in [4.69, 9.17) is 30.2 Å². The zero-order valence-corrected chi connectivity index (χ0v) is 15.1. The lowest BCUT2D eigenvalue weighted by atomic mass is 10.1. The summed E-state index contributed by atoms with van der Waals surface area (Å²) in [6, 6.07) is 10.7. The van der Waals surface area contributed by atoms with Crippen LogP contribution in [0.25, 0.3) is 22.7 Å². The number of benzene rings is 2. The molecule has 0 amide bonds. The average molecular weight is 371 g/mol. The Balaban J connectivity index is 2.09. The summed E-state index contributed by atoms with van der Waals surface area (Å²) in [5, 5.41) is 10.1. The first kappa shape index (κ1) is 17.6. The lowest BCUT2D eigenvalue weighted by molar-refractivity contribution is 0.324. The minimum atomic E-state index is 0.207. The third kappa shape index (κ3) is 3.30. The average Bonchev–Trinajstić information content (AvgIpc) is 3.07. The van der Waals surface area contributed by atoms with E-state index in [0.29, 0.717) is 38.9 Å². The summed E-state index contributed by atoms with van der Waals surface area (Å²) in [4.78, 5) is 4.33. The third-order valence-corrected chi connectivity index (χ3v) is 3.93. The van der Waals surface area contributed by atoms with E-state index in [9.17, 15) is 5.26 Å². The van der Waals surface area contributed by atoms with Gasteiger partial charge in [0, 0.05) is 5.02 Å². The number of hydrogen-bond donors (Lipinski definition) is 0. The molecule has 26 heavy (non-hydrogen) atoms. The Morgan fingerprint density at radius 1 is 1.12 bits per heavy atom. The quantitative estimate of drug-likeness (QED) is 0.612. The molecule has 0 N–H and O–H groups in total. The van der Waals surface area contributed by atoms with Crippen LogP contribution in [0.5, 0.6) is 17.2 Å². The summed E-state index contributed by atoms with van der Waals surface area (Å²) in [5.74, 6) is 1.65. The zero-order valence-electron chi connectivity index (χ0n) is 14.4. The molecule has 2 aromatic carbocycles. The van der Waals surface area contributed by atoms with Crippen molar-refractivity contribution in [3.8, 4) is 23.3 Å². The van der Waals surface area contributed by atoms with Gasteiger partial charge in [-0.15, -0.1) is 0 Å². The molecule has 0 atom stereocenters. The molecule has 3 rings (SSSR count). The highest BCUT2D eigenvalue weighted by Crippen LogP contribution is 2.39. The number of oxazole rings is 1. The molecular weight excluding hydrogens is 356 g/mol. The van der Waals surface area contributed by atoms with Crippen molar-refractivity contribution in [2.75, 3.05) is 21.3 Å². The van der Waals surface area contributed by atoms with Crippen LogP contribution in [-0.4, -0.2) is 26.3 Å². The largest absolute Gasteiger partial charge is 0.493 e. The topological polar surface area (TPSA) is 77.5 Å². The Morgan fingerprint density at radius 3 is 2.38 bits per heavy atom. The SMILES string of the molecule is COc1cc(/C=C(\C#N)c2nc3cc(Cl)ccc3o2)cc(OC)c1OC. The summed E-state index contributed by atoms with van der Waals surface area (Å²) in [6.07, 6.45) is 1.64. The predicted molar refractivity (Wildman–Crippen MR) is 98.6 cm³/mol. The highest BCUT2D eigenvalue weighted by molar-refractivity contribution is 6.31. The highest BCUT2D eigenvalue weighted by atomic mass is 35.5. The molecular formula is C19H15ClN2O4. The highest BCUT2D eigenvalue weighted by Gasteiger charge is 2.15. The van der Waals surface area contributed by atoms with E-state index in [1.165, 1.54) is 21.3 Å². The molecule has 0 radical (unpaired) electrons. The lowest BCUT2D eigenvalue weighted by Gasteiger charge is -2.12. The number of allylic oxidation sites excluding steroid dienone is 1. The number of methoxy groups -OCH3 is 3. The first-order valence-electron chi connectivity index (χ1n) is 7.58. The minimum Gasteiger partial charge on any atom is -0.493 e. The van der Waals surface area contributed by atoms with Crippen LogP contribution in [0, 0.1) is 11.3 Å². The fraction of sp³-hybridized carbons (Fsp3) is 0.158. The van der Waals surface area contributed by atoms with Gasteiger partial charge in [0.15, 0.2) is 17.1 Å². The van der Waals surface area contributed by atoms with Gasteiger partial charge in [0.2, 0.25) is 11.6 Å². The number of ether oxygens (including phenoxy) is 3. The van der Waals surface area contributed by atoms with Gasteiger partial charge in [-0.3, -0.25) is 0 Å². The van der Waals surface area contributed by atoms with Crippen molar-refractivity contribution in [3.63, 3.8) is 0 Å². The number of fused-ring (bicyclic) bond motifs is 1. The Morgan fingerprint density at radius 2 is 1.81 bits per heavy atom. The Hall–Kier alpha value is -3.17. The van der Waals surface area contributed by atoms with Crippen molar-refractivity contribution in [1.82, 2.24) is 4.98 Å². The predicted octanol–water partition coefficient (Wildman–Crippen LogP) is 4.57. The van der Waals surface area contributed by atoms with Crippen molar-refractivity contribution in [3.05, 3.63) is 46.8 Å². The molecule has 6 nitrogen and oxygen atoms in total. The summed E-state index contributed by atoms with van der Waals surface area (Å²) >= 11 is 5.97. The fourth-order valence-electron chi connectivity index (χ4n) is 2.51. The molecule has 3 aromatic rings. The number of nitriles is 1. The molecule has 0 bridgehead atoms. The zero-order chi connectivity index (χ0) is 18.7. The molecule has 0 aliphatic carbocycles. The second-order valence-corrected chi connectivity index (χ2v) is 5.70. The number of aromatic nitrogens is 1. The molecule has 1 aromatic heterocycles. The molecule has 0 saturated carbocycles. The van der Waals surface area contributed by atoms with Gasteiger partial charge in [0.1, 0.15) is 17.2 Å². The minimum absolute atomic E-state index is 0.207. The van der Waals surface area contributed by atoms with Gasteiger partial charge in [-0.1, -0.05) is 11.6 Å². The first-order valence-corrected chi connectivity index (χ1v) is 7.95. The second kappa shape index (κ2) is 7.38. The number of nitrogens with zero attached hydrogens (tertiary/aromatic N) is 2. The standard InChI is InChI=1S/C19H15ClN2O4/c1-23-16-7-11(8-17(24-2)18(16)25-3)6-12(10-21)19-22-14-9-13(20)4-5-15(14)26-19/h4-9H,1-3H3/b12-6+. The van der Waals surface area contributed by atoms with Crippen molar-refractivity contribution in [2.45, 2.75) is 0 Å². The van der Waals surface area contributed by atoms with E-state index >= 15 is 0 Å². The first-order chi connectivity index (χ1) is 12.6. The maximum Gasteiger partial charge on any atom is 0.238 e. The molecule has 132 valence electrons. The van der Waals surface area contributed by atoms with Gasteiger partial charge in [-0.2, -0.15) is 5.26 Å². The van der Waals surface area contributed by atoms with Crippen molar-refractivity contribution < 1.29 is 18.6 Å². The van der Waals surface area contributed by atoms with Gasteiger partial charge < -0.3 is 18.6 Å². The maximum absolute atomic E-state index is 9.54. The smallest absolute Gasteiger partial charge is 0.238 e. The van der Waals surface area contributed by atoms with Crippen LogP contribution in [-0.2, 0) is 0 Å². The van der Waals surface area contributed by atoms with Crippen LogP contribution in [0.1, 0.15) is 11.5 Å². The third-order valence-electron chi connectivity index (χ3n) is 3.70. The van der Waals surface area contributed by atoms with Crippen LogP contribution in [0.3, 0.4) is 0 Å². The molecule has 0 aliphatic heterocycles. The van der Waals surface area contributed by atoms with Gasteiger partial charge in [-0.25, -0.2) is 4.98 Å². The van der Waals surface area contributed by atoms with E-state index in [1.54, 1.807) is 36.4 Å². The van der Waals surface area contributed by atoms with Gasteiger partial charge in [-0.05, 0) is 42.0 Å². The van der Waals surface area contributed by atoms with Crippen molar-refractivity contribution in [2.24, 2.45) is 0 Å². The Kier molecular flexibility index (Phi) is 5.01. The van der Waals surface area contributed by atoms with Crippen LogP contribution in [0.2, 0.25) is 5.02 Å². The molecule has 0 saturated heterocycles. The van der Waals surface area contributed by atoms with Crippen LogP contribution < -0.4 is 14.2 Å². The molecule has 0 aliphatic rings. The van der Waals surface area contributed by atoms with E-state index in [0.717, 1.165) is 0 Å². The molecule has 0 fully saturated rings. The van der Waals surface area contributed by atoms with Gasteiger partial charge in [0.25, 0.3) is 0 Å².